The first-order valence-corrected chi connectivity index (χ1v) is 6.99. The summed E-state index contributed by atoms with van der Waals surface area (Å²) in [5.74, 6) is -1.38. The molecule has 0 saturated heterocycles. The molecule has 1 atom stereocenters. The fraction of sp³-hybridized carbons (Fsp3) is 0.188. The minimum Gasteiger partial charge on any atom is -0.481 e. The zero-order valence-electron chi connectivity index (χ0n) is 10.9. The Kier molecular flexibility index (Phi) is 4.69. The highest BCUT2D eigenvalue weighted by molar-refractivity contribution is 6.35. The number of carboxylic acid groups (broad SMARTS) is 1. The molecule has 0 heterocycles. The summed E-state index contributed by atoms with van der Waals surface area (Å²) >= 11 is 12.1. The molecular formula is C16H14Cl2O2. The van der Waals surface area contributed by atoms with Crippen LogP contribution in [0.4, 0.5) is 0 Å². The van der Waals surface area contributed by atoms with Gasteiger partial charge in [-0.05, 0) is 42.2 Å². The highest BCUT2D eigenvalue weighted by Crippen LogP contribution is 2.27. The third kappa shape index (κ3) is 3.33. The number of hydrogen-bond acceptors (Lipinski definition) is 1. The first-order valence-electron chi connectivity index (χ1n) is 6.23. The standard InChI is InChI=1S/C16H14Cl2O2/c1-10(16(19)20)14-5-3-2-4-11(14)8-12-6-7-13(17)9-15(12)18/h2-7,9-10H,8H2,1H3,(H,19,20). The van der Waals surface area contributed by atoms with E-state index in [1.807, 2.05) is 30.3 Å². The Hall–Kier alpha value is -1.51. The molecule has 2 aromatic carbocycles. The molecule has 0 aromatic heterocycles. The van der Waals surface area contributed by atoms with E-state index in [1.54, 1.807) is 19.1 Å². The molecule has 0 aliphatic heterocycles. The van der Waals surface area contributed by atoms with Crippen LogP contribution < -0.4 is 0 Å². The summed E-state index contributed by atoms with van der Waals surface area (Å²) in [4.78, 5) is 11.2. The summed E-state index contributed by atoms with van der Waals surface area (Å²) < 4.78 is 0. The van der Waals surface area contributed by atoms with Crippen molar-refractivity contribution in [2.24, 2.45) is 0 Å². The third-order valence-corrected chi connectivity index (χ3v) is 3.87. The van der Waals surface area contributed by atoms with Crippen molar-refractivity contribution < 1.29 is 9.90 Å². The molecular weight excluding hydrogens is 295 g/mol. The predicted octanol–water partition coefficient (Wildman–Crippen LogP) is 4.77. The highest BCUT2D eigenvalue weighted by Gasteiger charge is 2.17. The summed E-state index contributed by atoms with van der Waals surface area (Å²) in [5, 5.41) is 10.4. The van der Waals surface area contributed by atoms with Gasteiger partial charge in [0.05, 0.1) is 5.92 Å². The van der Waals surface area contributed by atoms with Gasteiger partial charge in [0.25, 0.3) is 0 Å². The third-order valence-electron chi connectivity index (χ3n) is 3.29. The van der Waals surface area contributed by atoms with Crippen LogP contribution in [0.2, 0.25) is 10.0 Å². The zero-order valence-corrected chi connectivity index (χ0v) is 12.4. The Morgan fingerprint density at radius 3 is 2.50 bits per heavy atom. The second-order valence-corrected chi connectivity index (χ2v) is 5.51. The number of aliphatic carboxylic acids is 1. The summed E-state index contributed by atoms with van der Waals surface area (Å²) in [7, 11) is 0. The van der Waals surface area contributed by atoms with Crippen molar-refractivity contribution in [3.05, 3.63) is 69.2 Å². The van der Waals surface area contributed by atoms with E-state index in [1.165, 1.54) is 0 Å². The second kappa shape index (κ2) is 6.29. The van der Waals surface area contributed by atoms with Gasteiger partial charge in [-0.1, -0.05) is 53.5 Å². The first-order chi connectivity index (χ1) is 9.49. The summed E-state index contributed by atoms with van der Waals surface area (Å²) in [5.41, 5.74) is 2.71. The van der Waals surface area contributed by atoms with Crippen molar-refractivity contribution >= 4 is 29.2 Å². The maximum Gasteiger partial charge on any atom is 0.310 e. The smallest absolute Gasteiger partial charge is 0.310 e. The van der Waals surface area contributed by atoms with Crippen LogP contribution in [0.25, 0.3) is 0 Å². The van der Waals surface area contributed by atoms with E-state index in [0.717, 1.165) is 16.7 Å². The van der Waals surface area contributed by atoms with Crippen molar-refractivity contribution in [1.82, 2.24) is 0 Å². The van der Waals surface area contributed by atoms with Crippen molar-refractivity contribution in [2.45, 2.75) is 19.3 Å². The number of rotatable bonds is 4. The van der Waals surface area contributed by atoms with Crippen molar-refractivity contribution in [2.75, 3.05) is 0 Å². The quantitative estimate of drug-likeness (QED) is 0.883. The Morgan fingerprint density at radius 2 is 1.85 bits per heavy atom. The molecule has 4 heteroatoms. The molecule has 0 saturated carbocycles. The molecule has 20 heavy (non-hydrogen) atoms. The van der Waals surface area contributed by atoms with E-state index in [9.17, 15) is 9.90 Å². The molecule has 0 aliphatic rings. The van der Waals surface area contributed by atoms with Crippen LogP contribution >= 0.6 is 23.2 Å². The number of halogens is 2. The van der Waals surface area contributed by atoms with Crippen LogP contribution in [-0.2, 0) is 11.2 Å². The molecule has 2 rings (SSSR count). The van der Waals surface area contributed by atoms with Gasteiger partial charge in [0.2, 0.25) is 0 Å². The van der Waals surface area contributed by atoms with Crippen LogP contribution in [0.1, 0.15) is 29.5 Å². The number of hydrogen-bond donors (Lipinski definition) is 1. The monoisotopic (exact) mass is 308 g/mol. The van der Waals surface area contributed by atoms with E-state index in [0.29, 0.717) is 16.5 Å². The minimum absolute atomic E-state index is 0.544. The average molecular weight is 309 g/mol. The van der Waals surface area contributed by atoms with Crippen LogP contribution in [0.5, 0.6) is 0 Å². The molecule has 0 spiro atoms. The molecule has 1 N–H and O–H groups in total. The van der Waals surface area contributed by atoms with E-state index in [4.69, 9.17) is 23.2 Å². The average Bonchev–Trinajstić information content (AvgIpc) is 2.41. The summed E-state index contributed by atoms with van der Waals surface area (Å²) in [6.07, 6.45) is 0.587. The van der Waals surface area contributed by atoms with Gasteiger partial charge >= 0.3 is 5.97 Å². The number of carbonyl (C=O) groups is 1. The zero-order chi connectivity index (χ0) is 14.7. The fourth-order valence-corrected chi connectivity index (χ4v) is 2.60. The van der Waals surface area contributed by atoms with Gasteiger partial charge in [0.15, 0.2) is 0 Å². The van der Waals surface area contributed by atoms with E-state index >= 15 is 0 Å². The maximum atomic E-state index is 11.2. The van der Waals surface area contributed by atoms with E-state index in [-0.39, 0.29) is 0 Å². The van der Waals surface area contributed by atoms with Crippen LogP contribution in [0.15, 0.2) is 42.5 Å². The topological polar surface area (TPSA) is 37.3 Å². The molecule has 0 amide bonds. The molecule has 1 unspecified atom stereocenters. The lowest BCUT2D eigenvalue weighted by Crippen LogP contribution is -2.10. The Labute approximate surface area is 128 Å². The summed E-state index contributed by atoms with van der Waals surface area (Å²) in [6.45, 7) is 1.69. The van der Waals surface area contributed by atoms with Crippen molar-refractivity contribution in [1.29, 1.82) is 0 Å². The number of carboxylic acids is 1. The van der Waals surface area contributed by atoms with Crippen LogP contribution in [0.3, 0.4) is 0 Å². The molecule has 104 valence electrons. The molecule has 0 aliphatic carbocycles. The Morgan fingerprint density at radius 1 is 1.15 bits per heavy atom. The fourth-order valence-electron chi connectivity index (χ4n) is 2.12. The lowest BCUT2D eigenvalue weighted by Gasteiger charge is -2.14. The lowest BCUT2D eigenvalue weighted by atomic mass is 9.92. The minimum atomic E-state index is -0.834. The van der Waals surface area contributed by atoms with Crippen molar-refractivity contribution in [3.8, 4) is 0 Å². The largest absolute Gasteiger partial charge is 0.481 e. The van der Waals surface area contributed by atoms with Gasteiger partial charge in [-0.3, -0.25) is 4.79 Å². The highest BCUT2D eigenvalue weighted by atomic mass is 35.5. The van der Waals surface area contributed by atoms with Crippen LogP contribution in [0, 0.1) is 0 Å². The molecule has 2 nitrogen and oxygen atoms in total. The normalized spacial score (nSPS) is 12.2. The molecule has 2 aromatic rings. The van der Waals surface area contributed by atoms with Gasteiger partial charge in [0.1, 0.15) is 0 Å². The first kappa shape index (κ1) is 14.9. The maximum absolute atomic E-state index is 11.2. The second-order valence-electron chi connectivity index (χ2n) is 4.67. The Balaban J connectivity index is 2.36. The lowest BCUT2D eigenvalue weighted by molar-refractivity contribution is -0.138. The van der Waals surface area contributed by atoms with Crippen molar-refractivity contribution in [3.63, 3.8) is 0 Å². The Bertz CT molecular complexity index is 638. The van der Waals surface area contributed by atoms with Gasteiger partial charge in [-0.2, -0.15) is 0 Å². The van der Waals surface area contributed by atoms with Gasteiger partial charge in [-0.25, -0.2) is 0 Å². The SMILES string of the molecule is CC(C(=O)O)c1ccccc1Cc1ccc(Cl)cc1Cl. The van der Waals surface area contributed by atoms with Gasteiger partial charge < -0.3 is 5.11 Å². The molecule has 0 bridgehead atoms. The van der Waals surface area contributed by atoms with Gasteiger partial charge in [-0.15, -0.1) is 0 Å². The number of benzene rings is 2. The van der Waals surface area contributed by atoms with Gasteiger partial charge in [0, 0.05) is 10.0 Å². The van der Waals surface area contributed by atoms with Crippen LogP contribution in [-0.4, -0.2) is 11.1 Å². The summed E-state index contributed by atoms with van der Waals surface area (Å²) in [6, 6.07) is 12.9. The van der Waals surface area contributed by atoms with E-state index < -0.39 is 11.9 Å². The predicted molar refractivity (Wildman–Crippen MR) is 81.8 cm³/mol. The molecule has 0 radical (unpaired) electrons. The molecule has 0 fully saturated rings. The van der Waals surface area contributed by atoms with E-state index in [2.05, 4.69) is 0 Å².